The van der Waals surface area contributed by atoms with Crippen LogP contribution in [0.5, 0.6) is 0 Å². The molecule has 4 aromatic rings. The van der Waals surface area contributed by atoms with Gasteiger partial charge in [0.2, 0.25) is 0 Å². The minimum absolute atomic E-state index is 0.0338. The van der Waals surface area contributed by atoms with Crippen molar-refractivity contribution in [3.05, 3.63) is 87.5 Å². The number of hydrogen-bond donors (Lipinski definition) is 1. The lowest BCUT2D eigenvalue weighted by atomic mass is 9.95. The number of benzene rings is 2. The van der Waals surface area contributed by atoms with Crippen molar-refractivity contribution in [2.45, 2.75) is 25.3 Å². The molecule has 10 heteroatoms. The number of nitrogens with zero attached hydrogens (tertiary/aromatic N) is 5. The van der Waals surface area contributed by atoms with Gasteiger partial charge in [-0.2, -0.15) is 0 Å². The summed E-state index contributed by atoms with van der Waals surface area (Å²) in [5, 5.41) is 7.99. The van der Waals surface area contributed by atoms with Crippen molar-refractivity contribution in [2.75, 3.05) is 13.1 Å². The molecule has 5 rings (SSSR count). The van der Waals surface area contributed by atoms with Crippen LogP contribution in [0.3, 0.4) is 0 Å². The fourth-order valence-corrected chi connectivity index (χ4v) is 4.08. The Labute approximate surface area is 186 Å². The van der Waals surface area contributed by atoms with E-state index in [0.717, 1.165) is 5.56 Å². The van der Waals surface area contributed by atoms with E-state index < -0.39 is 0 Å². The number of hydrogen-bond acceptors (Lipinski definition) is 5. The van der Waals surface area contributed by atoms with Gasteiger partial charge in [-0.25, -0.2) is 18.4 Å². The van der Waals surface area contributed by atoms with Gasteiger partial charge in [-0.15, -0.1) is 5.10 Å². The first kappa shape index (κ1) is 20.9. The normalized spacial score (nSPS) is 14.7. The Morgan fingerprint density at radius 1 is 1.00 bits per heavy atom. The van der Waals surface area contributed by atoms with Gasteiger partial charge in [0.05, 0.1) is 6.54 Å². The molecule has 1 fully saturated rings. The standard InChI is InChI=1S/C23H20F2N6O2/c24-17-5-1-14(2-6-17)13-31-21-19(28-29-31)22(32)27-20(26-21)15-9-11-30(12-10-15)23(33)16-3-7-18(25)8-4-16/h1-8,15H,9-13H2,(H,26,27,32). The molecule has 1 aliphatic rings. The Bertz CT molecular complexity index is 1360. The Balaban J connectivity index is 1.34. The summed E-state index contributed by atoms with van der Waals surface area (Å²) in [6, 6.07) is 11.5. The summed E-state index contributed by atoms with van der Waals surface area (Å²) in [6.45, 7) is 1.29. The van der Waals surface area contributed by atoms with Crippen LogP contribution < -0.4 is 5.56 Å². The zero-order valence-electron chi connectivity index (χ0n) is 17.5. The SMILES string of the molecule is O=C(c1ccc(F)cc1)N1CCC(c2nc3c(nnn3Cc3ccc(F)cc3)c(=O)[nH]2)CC1. The second-order valence-corrected chi connectivity index (χ2v) is 8.07. The monoisotopic (exact) mass is 450 g/mol. The minimum atomic E-state index is -0.385. The molecule has 2 aromatic heterocycles. The molecule has 1 amide bonds. The molecule has 3 heterocycles. The lowest BCUT2D eigenvalue weighted by molar-refractivity contribution is 0.0711. The molecule has 0 saturated carbocycles. The van der Waals surface area contributed by atoms with Crippen molar-refractivity contribution >= 4 is 17.1 Å². The van der Waals surface area contributed by atoms with E-state index in [0.29, 0.717) is 49.5 Å². The predicted octanol–water partition coefficient (Wildman–Crippen LogP) is 2.86. The number of amides is 1. The highest BCUT2D eigenvalue weighted by molar-refractivity contribution is 5.94. The lowest BCUT2D eigenvalue weighted by Gasteiger charge is -2.31. The van der Waals surface area contributed by atoms with E-state index in [4.69, 9.17) is 0 Å². The van der Waals surface area contributed by atoms with Crippen LogP contribution in [-0.2, 0) is 6.54 Å². The molecular formula is C23H20F2N6O2. The molecule has 0 spiro atoms. The number of aromatic nitrogens is 5. The maximum atomic E-state index is 13.2. The van der Waals surface area contributed by atoms with Gasteiger partial charge in [0.25, 0.3) is 11.5 Å². The number of nitrogens with one attached hydrogen (secondary N) is 1. The molecule has 8 nitrogen and oxygen atoms in total. The molecule has 33 heavy (non-hydrogen) atoms. The van der Waals surface area contributed by atoms with E-state index >= 15 is 0 Å². The summed E-state index contributed by atoms with van der Waals surface area (Å²) in [5.74, 6) is -0.364. The topological polar surface area (TPSA) is 96.8 Å². The number of H-pyrrole nitrogens is 1. The molecule has 1 aliphatic heterocycles. The molecule has 0 radical (unpaired) electrons. The van der Waals surface area contributed by atoms with Crippen molar-refractivity contribution in [1.82, 2.24) is 29.9 Å². The highest BCUT2D eigenvalue weighted by Gasteiger charge is 2.27. The Morgan fingerprint density at radius 3 is 2.30 bits per heavy atom. The third-order valence-electron chi connectivity index (χ3n) is 5.90. The van der Waals surface area contributed by atoms with Crippen molar-refractivity contribution in [3.8, 4) is 0 Å². The van der Waals surface area contributed by atoms with Gasteiger partial charge in [0.15, 0.2) is 11.2 Å². The quantitative estimate of drug-likeness (QED) is 0.516. The molecular weight excluding hydrogens is 430 g/mol. The number of likely N-dealkylation sites (tertiary alicyclic amines) is 1. The first-order chi connectivity index (χ1) is 16.0. The van der Waals surface area contributed by atoms with E-state index in [-0.39, 0.29) is 34.5 Å². The highest BCUT2D eigenvalue weighted by Crippen LogP contribution is 2.26. The Morgan fingerprint density at radius 2 is 1.64 bits per heavy atom. The van der Waals surface area contributed by atoms with Crippen LogP contribution in [0.1, 0.15) is 40.5 Å². The smallest absolute Gasteiger partial charge is 0.281 e. The number of carbonyl (C=O) groups excluding carboxylic acids is 1. The number of fused-ring (bicyclic) bond motifs is 1. The number of halogens is 2. The molecule has 1 saturated heterocycles. The summed E-state index contributed by atoms with van der Waals surface area (Å²) in [6.07, 6.45) is 1.25. The van der Waals surface area contributed by atoms with E-state index in [1.807, 2.05) is 0 Å². The Hall–Kier alpha value is -3.95. The van der Waals surface area contributed by atoms with Crippen LogP contribution >= 0.6 is 0 Å². The molecule has 0 aliphatic carbocycles. The highest BCUT2D eigenvalue weighted by atomic mass is 19.1. The first-order valence-corrected chi connectivity index (χ1v) is 10.6. The summed E-state index contributed by atoms with van der Waals surface area (Å²) < 4.78 is 27.8. The summed E-state index contributed by atoms with van der Waals surface area (Å²) in [7, 11) is 0. The van der Waals surface area contributed by atoms with Crippen LogP contribution in [0.4, 0.5) is 8.78 Å². The van der Waals surface area contributed by atoms with Gasteiger partial charge in [-0.1, -0.05) is 17.3 Å². The fourth-order valence-electron chi connectivity index (χ4n) is 4.08. The molecule has 0 bridgehead atoms. The van der Waals surface area contributed by atoms with Crippen LogP contribution in [0.25, 0.3) is 11.2 Å². The van der Waals surface area contributed by atoms with Gasteiger partial charge >= 0.3 is 0 Å². The van der Waals surface area contributed by atoms with Gasteiger partial charge in [-0.05, 0) is 54.8 Å². The predicted molar refractivity (Wildman–Crippen MR) is 116 cm³/mol. The van der Waals surface area contributed by atoms with Gasteiger partial charge in [0.1, 0.15) is 17.5 Å². The van der Waals surface area contributed by atoms with Crippen LogP contribution in [-0.4, -0.2) is 48.9 Å². The number of rotatable bonds is 4. The summed E-state index contributed by atoms with van der Waals surface area (Å²) in [5.41, 5.74) is 1.39. The van der Waals surface area contributed by atoms with E-state index in [2.05, 4.69) is 20.3 Å². The van der Waals surface area contributed by atoms with E-state index in [9.17, 15) is 18.4 Å². The van der Waals surface area contributed by atoms with Crippen LogP contribution in [0.2, 0.25) is 0 Å². The lowest BCUT2D eigenvalue weighted by Crippen LogP contribution is -2.38. The average Bonchev–Trinajstić information content (AvgIpc) is 3.24. The van der Waals surface area contributed by atoms with Gasteiger partial charge in [-0.3, -0.25) is 9.59 Å². The van der Waals surface area contributed by atoms with Crippen LogP contribution in [0, 0.1) is 11.6 Å². The summed E-state index contributed by atoms with van der Waals surface area (Å²) >= 11 is 0. The van der Waals surface area contributed by atoms with Crippen LogP contribution in [0.15, 0.2) is 53.3 Å². The summed E-state index contributed by atoms with van der Waals surface area (Å²) in [4.78, 5) is 34.4. The van der Waals surface area contributed by atoms with E-state index in [1.54, 1.807) is 17.0 Å². The number of piperidine rings is 1. The third kappa shape index (κ3) is 4.23. The van der Waals surface area contributed by atoms with E-state index in [1.165, 1.54) is 41.1 Å². The number of carbonyl (C=O) groups is 1. The third-order valence-corrected chi connectivity index (χ3v) is 5.90. The maximum absolute atomic E-state index is 13.2. The number of aromatic amines is 1. The van der Waals surface area contributed by atoms with Crippen molar-refractivity contribution in [2.24, 2.45) is 0 Å². The zero-order valence-corrected chi connectivity index (χ0v) is 17.5. The van der Waals surface area contributed by atoms with Crippen molar-refractivity contribution in [3.63, 3.8) is 0 Å². The molecule has 1 N–H and O–H groups in total. The van der Waals surface area contributed by atoms with Gasteiger partial charge < -0.3 is 9.88 Å². The fraction of sp³-hybridized carbons (Fsp3) is 0.261. The largest absolute Gasteiger partial charge is 0.339 e. The molecule has 168 valence electrons. The van der Waals surface area contributed by atoms with Gasteiger partial charge in [0, 0.05) is 24.6 Å². The molecule has 0 unspecified atom stereocenters. The second kappa shape index (κ2) is 8.53. The average molecular weight is 450 g/mol. The second-order valence-electron chi connectivity index (χ2n) is 8.07. The van der Waals surface area contributed by atoms with Crippen molar-refractivity contribution in [1.29, 1.82) is 0 Å². The first-order valence-electron chi connectivity index (χ1n) is 10.6. The maximum Gasteiger partial charge on any atom is 0.281 e. The Kier molecular flexibility index (Phi) is 5.41. The molecule has 2 aromatic carbocycles. The zero-order chi connectivity index (χ0) is 22.9. The van der Waals surface area contributed by atoms with Crippen molar-refractivity contribution < 1.29 is 13.6 Å². The molecule has 0 atom stereocenters. The minimum Gasteiger partial charge on any atom is -0.339 e.